The Morgan fingerprint density at radius 2 is 1.85 bits per heavy atom. The van der Waals surface area contributed by atoms with Crippen LogP contribution in [0.15, 0.2) is 12.2 Å². The van der Waals surface area contributed by atoms with E-state index < -0.39 is 5.97 Å². The molecule has 1 N–H and O–H groups in total. The second-order valence-corrected chi connectivity index (χ2v) is 6.99. The molecular formula is C10H22O2Si. The minimum Gasteiger partial charge on any atom is -0.478 e. The van der Waals surface area contributed by atoms with E-state index in [0.717, 1.165) is 0 Å². The summed E-state index contributed by atoms with van der Waals surface area (Å²) in [7, 11) is -0.188. The van der Waals surface area contributed by atoms with Gasteiger partial charge in [0.25, 0.3) is 0 Å². The molecule has 0 radical (unpaired) electrons. The molecule has 0 aromatic rings. The summed E-state index contributed by atoms with van der Waals surface area (Å²) in [6, 6.07) is 1.54. The van der Waals surface area contributed by atoms with E-state index in [1.165, 1.54) is 25.8 Å². The normalized spacial score (nSPS) is 9.00. The van der Waals surface area contributed by atoms with Crippen molar-refractivity contribution in [1.29, 1.82) is 0 Å². The smallest absolute Gasteiger partial charge is 0.330 e. The van der Waals surface area contributed by atoms with Crippen LogP contribution in [0.1, 0.15) is 26.7 Å². The van der Waals surface area contributed by atoms with E-state index in [9.17, 15) is 4.79 Å². The zero-order valence-electron chi connectivity index (χ0n) is 9.26. The standard InChI is InChI=1S/C6H16Si.C4H6O2/c1-4-5-6-7(2)3;1-3(2)4(5)6/h7H,4-6H2,1-3H3;1H2,2H3,(H,5,6). The van der Waals surface area contributed by atoms with Gasteiger partial charge in [-0.3, -0.25) is 0 Å². The zero-order valence-corrected chi connectivity index (χ0v) is 10.4. The minimum absolute atomic E-state index is 0.176. The Labute approximate surface area is 83.3 Å². The molecule has 0 aliphatic heterocycles. The van der Waals surface area contributed by atoms with E-state index in [1.807, 2.05) is 0 Å². The Balaban J connectivity index is 0. The molecule has 78 valence electrons. The molecule has 0 spiro atoms. The van der Waals surface area contributed by atoms with E-state index in [1.54, 1.807) is 0 Å². The first-order valence-electron chi connectivity index (χ1n) is 4.80. The molecule has 3 heteroatoms. The molecule has 2 nitrogen and oxygen atoms in total. The van der Waals surface area contributed by atoms with Crippen LogP contribution in [-0.4, -0.2) is 19.9 Å². The number of hydrogen-bond acceptors (Lipinski definition) is 1. The summed E-state index contributed by atoms with van der Waals surface area (Å²) in [6.45, 7) is 11.7. The van der Waals surface area contributed by atoms with Gasteiger partial charge in [-0.1, -0.05) is 45.5 Å². The highest BCUT2D eigenvalue weighted by Crippen LogP contribution is 1.98. The second kappa shape index (κ2) is 9.51. The molecule has 0 aromatic heterocycles. The van der Waals surface area contributed by atoms with Crippen molar-refractivity contribution in [3.63, 3.8) is 0 Å². The lowest BCUT2D eigenvalue weighted by atomic mass is 10.4. The van der Waals surface area contributed by atoms with Gasteiger partial charge in [0.15, 0.2) is 0 Å². The molecule has 0 fully saturated rings. The fourth-order valence-electron chi connectivity index (χ4n) is 0.612. The first kappa shape index (κ1) is 14.9. The van der Waals surface area contributed by atoms with Gasteiger partial charge in [0.1, 0.15) is 0 Å². The van der Waals surface area contributed by atoms with Gasteiger partial charge in [0, 0.05) is 14.4 Å². The van der Waals surface area contributed by atoms with Crippen LogP contribution in [0, 0.1) is 0 Å². The average Bonchev–Trinajstić information content (AvgIpc) is 2.01. The molecule has 0 aromatic carbocycles. The second-order valence-electron chi connectivity index (χ2n) is 3.62. The van der Waals surface area contributed by atoms with Gasteiger partial charge < -0.3 is 5.11 Å². The van der Waals surface area contributed by atoms with Crippen LogP contribution in [-0.2, 0) is 4.79 Å². The summed E-state index contributed by atoms with van der Waals surface area (Å²) in [4.78, 5) is 9.60. The van der Waals surface area contributed by atoms with Gasteiger partial charge in [-0.2, -0.15) is 0 Å². The van der Waals surface area contributed by atoms with Crippen LogP contribution in [0.3, 0.4) is 0 Å². The fraction of sp³-hybridized carbons (Fsp3) is 0.700. The third-order valence-electron chi connectivity index (χ3n) is 1.50. The van der Waals surface area contributed by atoms with Crippen molar-refractivity contribution < 1.29 is 9.90 Å². The highest BCUT2D eigenvalue weighted by molar-refractivity contribution is 6.55. The van der Waals surface area contributed by atoms with Crippen molar-refractivity contribution >= 4 is 14.8 Å². The number of rotatable bonds is 4. The number of unbranched alkanes of at least 4 members (excludes halogenated alkanes) is 1. The largest absolute Gasteiger partial charge is 0.478 e. The minimum atomic E-state index is -0.935. The molecule has 0 unspecified atom stereocenters. The molecule has 0 saturated carbocycles. The molecule has 0 saturated heterocycles. The quantitative estimate of drug-likeness (QED) is 0.562. The number of carboxylic acid groups (broad SMARTS) is 1. The van der Waals surface area contributed by atoms with E-state index in [2.05, 4.69) is 26.6 Å². The Hall–Kier alpha value is -0.573. The number of hydrogen-bond donors (Lipinski definition) is 1. The molecule has 13 heavy (non-hydrogen) atoms. The molecule has 0 bridgehead atoms. The van der Waals surface area contributed by atoms with Gasteiger partial charge in [0.05, 0.1) is 0 Å². The third-order valence-corrected chi connectivity index (χ3v) is 3.06. The van der Waals surface area contributed by atoms with Gasteiger partial charge in [-0.15, -0.1) is 0 Å². The van der Waals surface area contributed by atoms with E-state index in [0.29, 0.717) is 0 Å². The van der Waals surface area contributed by atoms with Crippen LogP contribution in [0.25, 0.3) is 0 Å². The van der Waals surface area contributed by atoms with Crippen LogP contribution in [0.2, 0.25) is 19.1 Å². The monoisotopic (exact) mass is 202 g/mol. The van der Waals surface area contributed by atoms with Crippen molar-refractivity contribution in [2.45, 2.75) is 45.8 Å². The highest BCUT2D eigenvalue weighted by Gasteiger charge is 1.91. The van der Waals surface area contributed by atoms with Gasteiger partial charge >= 0.3 is 5.97 Å². The predicted octanol–water partition coefficient (Wildman–Crippen LogP) is 2.92. The predicted molar refractivity (Wildman–Crippen MR) is 61.0 cm³/mol. The summed E-state index contributed by atoms with van der Waals surface area (Å²) in [5.74, 6) is -0.935. The Bertz CT molecular complexity index is 141. The van der Waals surface area contributed by atoms with Crippen LogP contribution in [0.5, 0.6) is 0 Å². The van der Waals surface area contributed by atoms with Gasteiger partial charge in [0.2, 0.25) is 0 Å². The lowest BCUT2D eigenvalue weighted by molar-refractivity contribution is -0.132. The molecule has 0 atom stereocenters. The summed E-state index contributed by atoms with van der Waals surface area (Å²) in [6.07, 6.45) is 2.84. The van der Waals surface area contributed by atoms with E-state index in [-0.39, 0.29) is 14.4 Å². The lowest BCUT2D eigenvalue weighted by Gasteiger charge is -1.97. The Morgan fingerprint density at radius 1 is 1.46 bits per heavy atom. The summed E-state index contributed by atoms with van der Waals surface area (Å²) in [5, 5.41) is 7.89. The van der Waals surface area contributed by atoms with Crippen LogP contribution >= 0.6 is 0 Å². The molecular weight excluding hydrogens is 180 g/mol. The maximum atomic E-state index is 9.60. The Morgan fingerprint density at radius 3 is 1.92 bits per heavy atom. The average molecular weight is 202 g/mol. The Kier molecular flexibility index (Phi) is 10.9. The van der Waals surface area contributed by atoms with Crippen LogP contribution in [0.4, 0.5) is 0 Å². The lowest BCUT2D eigenvalue weighted by Crippen LogP contribution is -1.96. The first-order valence-corrected chi connectivity index (χ1v) is 7.93. The first-order chi connectivity index (χ1) is 5.91. The maximum Gasteiger partial charge on any atom is 0.330 e. The van der Waals surface area contributed by atoms with Crippen molar-refractivity contribution in [2.24, 2.45) is 0 Å². The number of carboxylic acids is 1. The maximum absolute atomic E-state index is 9.60. The topological polar surface area (TPSA) is 37.3 Å². The summed E-state index contributed by atoms with van der Waals surface area (Å²) >= 11 is 0. The van der Waals surface area contributed by atoms with Crippen molar-refractivity contribution in [2.75, 3.05) is 0 Å². The molecule has 0 aliphatic carbocycles. The van der Waals surface area contributed by atoms with Crippen LogP contribution < -0.4 is 0 Å². The molecule has 0 rings (SSSR count). The zero-order chi connectivity index (χ0) is 10.9. The number of aliphatic carboxylic acids is 1. The molecule has 0 aliphatic rings. The van der Waals surface area contributed by atoms with Crippen molar-refractivity contribution in [3.8, 4) is 0 Å². The van der Waals surface area contributed by atoms with Crippen molar-refractivity contribution in [3.05, 3.63) is 12.2 Å². The van der Waals surface area contributed by atoms with Gasteiger partial charge in [-0.05, 0) is 6.92 Å². The fourth-order valence-corrected chi connectivity index (χ4v) is 1.84. The summed E-state index contributed by atoms with van der Waals surface area (Å²) in [5.41, 5.74) is 0.176. The highest BCUT2D eigenvalue weighted by atomic mass is 28.3. The molecule has 0 heterocycles. The summed E-state index contributed by atoms with van der Waals surface area (Å²) < 4.78 is 0. The number of carbonyl (C=O) groups is 1. The van der Waals surface area contributed by atoms with Crippen molar-refractivity contribution in [1.82, 2.24) is 0 Å². The SMILES string of the molecule is C=C(C)C(=O)O.CCCC[SiH](C)C. The third kappa shape index (κ3) is 18.4. The van der Waals surface area contributed by atoms with E-state index >= 15 is 0 Å². The van der Waals surface area contributed by atoms with Gasteiger partial charge in [-0.25, -0.2) is 4.79 Å². The molecule has 0 amide bonds. The van der Waals surface area contributed by atoms with E-state index in [4.69, 9.17) is 5.11 Å².